The molecular weight excluding hydrogens is 268 g/mol. The molecule has 0 atom stereocenters. The number of aromatic nitrogens is 1. The second kappa shape index (κ2) is 7.81. The summed E-state index contributed by atoms with van der Waals surface area (Å²) in [4.78, 5) is 0. The fourth-order valence-electron chi connectivity index (χ4n) is 1.85. The lowest BCUT2D eigenvalue weighted by Gasteiger charge is -2.04. The maximum atomic E-state index is 5.63. The van der Waals surface area contributed by atoms with Gasteiger partial charge in [0.2, 0.25) is 0 Å². The zero-order valence-corrected chi connectivity index (χ0v) is 12.8. The molecular formula is C16H22N2O3. The molecule has 0 amide bonds. The average molecular weight is 290 g/mol. The van der Waals surface area contributed by atoms with Crippen molar-refractivity contribution in [3.8, 4) is 5.75 Å². The van der Waals surface area contributed by atoms with Crippen molar-refractivity contribution in [2.24, 2.45) is 0 Å². The van der Waals surface area contributed by atoms with Gasteiger partial charge in [0.1, 0.15) is 12.4 Å². The molecule has 0 unspecified atom stereocenters. The van der Waals surface area contributed by atoms with Crippen LogP contribution < -0.4 is 10.1 Å². The van der Waals surface area contributed by atoms with Gasteiger partial charge in [0.15, 0.2) is 5.76 Å². The zero-order valence-electron chi connectivity index (χ0n) is 12.8. The highest BCUT2D eigenvalue weighted by Crippen LogP contribution is 2.14. The highest BCUT2D eigenvalue weighted by Gasteiger charge is 2.05. The lowest BCUT2D eigenvalue weighted by molar-refractivity contribution is 0.0882. The van der Waals surface area contributed by atoms with E-state index >= 15 is 0 Å². The summed E-state index contributed by atoms with van der Waals surface area (Å²) in [5, 5.41) is 7.30. The summed E-state index contributed by atoms with van der Waals surface area (Å²) in [7, 11) is 1.65. The van der Waals surface area contributed by atoms with Crippen LogP contribution in [0.4, 0.5) is 0 Å². The Morgan fingerprint density at radius 3 is 2.86 bits per heavy atom. The molecule has 2 aromatic rings. The van der Waals surface area contributed by atoms with E-state index in [1.54, 1.807) is 7.11 Å². The van der Waals surface area contributed by atoms with Gasteiger partial charge in [-0.25, -0.2) is 0 Å². The number of benzene rings is 1. The van der Waals surface area contributed by atoms with E-state index in [4.69, 9.17) is 14.0 Å². The van der Waals surface area contributed by atoms with Gasteiger partial charge >= 0.3 is 0 Å². The van der Waals surface area contributed by atoms with Crippen LogP contribution in [0.3, 0.4) is 0 Å². The van der Waals surface area contributed by atoms with Gasteiger partial charge in [0, 0.05) is 18.7 Å². The van der Waals surface area contributed by atoms with Crippen molar-refractivity contribution in [3.63, 3.8) is 0 Å². The molecule has 1 aromatic carbocycles. The Morgan fingerprint density at radius 2 is 2.10 bits per heavy atom. The third kappa shape index (κ3) is 5.21. The van der Waals surface area contributed by atoms with Gasteiger partial charge in [-0.05, 0) is 17.7 Å². The lowest BCUT2D eigenvalue weighted by atomic mass is 10.2. The van der Waals surface area contributed by atoms with Crippen LogP contribution in [0.25, 0.3) is 0 Å². The summed E-state index contributed by atoms with van der Waals surface area (Å²) in [6.45, 7) is 5.82. The molecule has 5 nitrogen and oxygen atoms in total. The van der Waals surface area contributed by atoms with E-state index in [2.05, 4.69) is 24.3 Å². The van der Waals surface area contributed by atoms with Gasteiger partial charge in [0.25, 0.3) is 0 Å². The quantitative estimate of drug-likeness (QED) is 0.810. The number of nitrogens with zero attached hydrogens (tertiary/aromatic N) is 1. The van der Waals surface area contributed by atoms with Crippen molar-refractivity contribution in [2.45, 2.75) is 39.6 Å². The molecule has 1 N–H and O–H groups in total. The second-order valence-corrected chi connectivity index (χ2v) is 5.16. The Labute approximate surface area is 125 Å². The summed E-state index contributed by atoms with van der Waals surface area (Å²) in [6.07, 6.45) is 0. The Bertz CT molecular complexity index is 552. The minimum Gasteiger partial charge on any atom is -0.497 e. The molecule has 0 bridgehead atoms. The normalized spacial score (nSPS) is 11.0. The van der Waals surface area contributed by atoms with Crippen LogP contribution in [0, 0.1) is 0 Å². The largest absolute Gasteiger partial charge is 0.497 e. The maximum Gasteiger partial charge on any atom is 0.162 e. The van der Waals surface area contributed by atoms with Crippen molar-refractivity contribution in [2.75, 3.05) is 7.11 Å². The molecule has 2 rings (SSSR count). The van der Waals surface area contributed by atoms with E-state index in [1.807, 2.05) is 30.3 Å². The number of hydrogen-bond acceptors (Lipinski definition) is 5. The molecule has 0 radical (unpaired) electrons. The Morgan fingerprint density at radius 1 is 1.24 bits per heavy atom. The standard InChI is InChI=1S/C16H22N2O3/c1-12(2)17-9-14-8-16(21-18-14)11-20-10-13-5-4-6-15(7-13)19-3/h4-8,12,17H,9-11H2,1-3H3. The Kier molecular flexibility index (Phi) is 5.78. The van der Waals surface area contributed by atoms with E-state index < -0.39 is 0 Å². The van der Waals surface area contributed by atoms with Gasteiger partial charge in [-0.1, -0.05) is 31.1 Å². The number of hydrogen-bond donors (Lipinski definition) is 1. The van der Waals surface area contributed by atoms with Gasteiger partial charge in [0.05, 0.1) is 19.4 Å². The first-order chi connectivity index (χ1) is 10.2. The highest BCUT2D eigenvalue weighted by atomic mass is 16.5. The SMILES string of the molecule is COc1cccc(COCc2cc(CNC(C)C)no2)c1. The zero-order chi connectivity index (χ0) is 15.1. The van der Waals surface area contributed by atoms with E-state index in [-0.39, 0.29) is 0 Å². The Balaban J connectivity index is 1.77. The van der Waals surface area contributed by atoms with Crippen LogP contribution in [0.2, 0.25) is 0 Å². The molecule has 0 fully saturated rings. The van der Waals surface area contributed by atoms with E-state index in [9.17, 15) is 0 Å². The van der Waals surface area contributed by atoms with E-state index in [0.29, 0.717) is 25.8 Å². The van der Waals surface area contributed by atoms with Gasteiger partial charge < -0.3 is 19.3 Å². The number of nitrogens with one attached hydrogen (secondary N) is 1. The smallest absolute Gasteiger partial charge is 0.162 e. The first-order valence-corrected chi connectivity index (χ1v) is 7.06. The fraction of sp³-hybridized carbons (Fsp3) is 0.438. The second-order valence-electron chi connectivity index (χ2n) is 5.16. The molecule has 5 heteroatoms. The third-order valence-electron chi connectivity index (χ3n) is 2.95. The van der Waals surface area contributed by atoms with Crippen LogP contribution in [0.1, 0.15) is 30.9 Å². The number of rotatable bonds is 8. The van der Waals surface area contributed by atoms with Gasteiger partial charge in [-0.2, -0.15) is 0 Å². The predicted octanol–water partition coefficient (Wildman–Crippen LogP) is 2.90. The van der Waals surface area contributed by atoms with E-state index in [0.717, 1.165) is 22.8 Å². The molecule has 0 saturated heterocycles. The monoisotopic (exact) mass is 290 g/mol. The van der Waals surface area contributed by atoms with Crippen LogP contribution in [0.15, 0.2) is 34.9 Å². The summed E-state index contributed by atoms with van der Waals surface area (Å²) in [5.74, 6) is 1.57. The van der Waals surface area contributed by atoms with Crippen LogP contribution in [0.5, 0.6) is 5.75 Å². The third-order valence-corrected chi connectivity index (χ3v) is 2.95. The first kappa shape index (κ1) is 15.5. The summed E-state index contributed by atoms with van der Waals surface area (Å²) >= 11 is 0. The summed E-state index contributed by atoms with van der Waals surface area (Å²) < 4.78 is 16.1. The molecule has 0 aliphatic rings. The van der Waals surface area contributed by atoms with Crippen LogP contribution >= 0.6 is 0 Å². The molecule has 1 heterocycles. The highest BCUT2D eigenvalue weighted by molar-refractivity contribution is 5.27. The molecule has 114 valence electrons. The summed E-state index contributed by atoms with van der Waals surface area (Å²) in [6, 6.07) is 10.2. The molecule has 0 aliphatic carbocycles. The van der Waals surface area contributed by atoms with Crippen molar-refractivity contribution in [1.29, 1.82) is 0 Å². The van der Waals surface area contributed by atoms with Gasteiger partial charge in [-0.15, -0.1) is 0 Å². The minimum atomic E-state index is 0.409. The number of methoxy groups -OCH3 is 1. The molecule has 1 aromatic heterocycles. The van der Waals surface area contributed by atoms with Gasteiger partial charge in [-0.3, -0.25) is 0 Å². The summed E-state index contributed by atoms with van der Waals surface area (Å²) in [5.41, 5.74) is 1.96. The average Bonchev–Trinajstić information content (AvgIpc) is 2.93. The van der Waals surface area contributed by atoms with Crippen LogP contribution in [-0.2, 0) is 24.5 Å². The first-order valence-electron chi connectivity index (χ1n) is 7.06. The molecule has 0 aliphatic heterocycles. The van der Waals surface area contributed by atoms with E-state index in [1.165, 1.54) is 0 Å². The molecule has 0 saturated carbocycles. The predicted molar refractivity (Wildman–Crippen MR) is 80.0 cm³/mol. The number of ether oxygens (including phenoxy) is 2. The van der Waals surface area contributed by atoms with Crippen molar-refractivity contribution in [1.82, 2.24) is 10.5 Å². The minimum absolute atomic E-state index is 0.409. The molecule has 0 spiro atoms. The fourth-order valence-corrected chi connectivity index (χ4v) is 1.85. The maximum absolute atomic E-state index is 5.63. The Hall–Kier alpha value is -1.85. The van der Waals surface area contributed by atoms with Crippen LogP contribution in [-0.4, -0.2) is 18.3 Å². The van der Waals surface area contributed by atoms with Crippen molar-refractivity contribution >= 4 is 0 Å². The topological polar surface area (TPSA) is 56.5 Å². The van der Waals surface area contributed by atoms with Crippen molar-refractivity contribution < 1.29 is 14.0 Å². The lowest BCUT2D eigenvalue weighted by Crippen LogP contribution is -2.21. The van der Waals surface area contributed by atoms with Crippen molar-refractivity contribution in [3.05, 3.63) is 47.3 Å². The molecule has 21 heavy (non-hydrogen) atoms.